The molecule has 8 heavy (non-hydrogen) atoms. The Bertz CT molecular complexity index is 59.5. The standard InChI is InChI=1S/C6H11.BrH.Mg/c1-3-5-6-4-2;;/h3,6H,1,4-5H2,2H3;1H;/q;;+1/p-1. The maximum atomic E-state index is 3.70. The highest BCUT2D eigenvalue weighted by atomic mass is 79.9. The van der Waals surface area contributed by atoms with Crippen LogP contribution in [0.3, 0.4) is 0 Å². The number of hydrogen-bond donors (Lipinski definition) is 0. The van der Waals surface area contributed by atoms with Crippen molar-refractivity contribution in [1.82, 2.24) is 0 Å². The molecule has 0 aromatic rings. The van der Waals surface area contributed by atoms with Crippen LogP contribution in [0.1, 0.15) is 19.8 Å². The Balaban J connectivity index is 3.20. The van der Waals surface area contributed by atoms with E-state index in [1.807, 2.05) is 6.08 Å². The van der Waals surface area contributed by atoms with Crippen LogP contribution in [0.2, 0.25) is 4.05 Å². The van der Waals surface area contributed by atoms with Gasteiger partial charge in [0, 0.05) is 0 Å². The van der Waals surface area contributed by atoms with Gasteiger partial charge in [-0.15, -0.1) is 10.6 Å². The van der Waals surface area contributed by atoms with Gasteiger partial charge in [-0.05, 0) is 0 Å². The molecule has 0 amide bonds. The zero-order valence-electron chi connectivity index (χ0n) is 5.36. The second-order valence-electron chi connectivity index (χ2n) is 1.95. The van der Waals surface area contributed by atoms with Crippen molar-refractivity contribution in [3.8, 4) is 0 Å². The Kier molecular flexibility index (Phi) is 6.86. The van der Waals surface area contributed by atoms with Crippen LogP contribution < -0.4 is 0 Å². The quantitative estimate of drug-likeness (QED) is 0.469. The molecule has 0 aromatic carbocycles. The molecule has 1 atom stereocenters. The van der Waals surface area contributed by atoms with Crippen molar-refractivity contribution in [2.75, 3.05) is 0 Å². The van der Waals surface area contributed by atoms with Crippen LogP contribution in [0.15, 0.2) is 12.7 Å². The van der Waals surface area contributed by atoms with Crippen molar-refractivity contribution >= 4 is 31.1 Å². The molecule has 0 N–H and O–H groups in total. The Morgan fingerprint density at radius 3 is 2.62 bits per heavy atom. The molecular formula is C6H11BrMg. The van der Waals surface area contributed by atoms with Gasteiger partial charge in [0.15, 0.2) is 0 Å². The molecule has 0 rings (SSSR count). The average molecular weight is 187 g/mol. The first-order valence-electron chi connectivity index (χ1n) is 3.02. The minimum atomic E-state index is 0.0582. The average Bonchev–Trinajstić information content (AvgIpc) is 1.83. The van der Waals surface area contributed by atoms with E-state index in [0.717, 1.165) is 4.05 Å². The summed E-state index contributed by atoms with van der Waals surface area (Å²) in [5.41, 5.74) is 0. The molecule has 0 saturated heterocycles. The Hall–Kier alpha value is 0.986. The normalized spacial score (nSPS) is 12.2. The molecule has 0 spiro atoms. The van der Waals surface area contributed by atoms with Crippen LogP contribution >= 0.6 is 12.9 Å². The van der Waals surface area contributed by atoms with E-state index in [1.165, 1.54) is 12.8 Å². The topological polar surface area (TPSA) is 0 Å². The van der Waals surface area contributed by atoms with Crippen molar-refractivity contribution in [1.29, 1.82) is 0 Å². The van der Waals surface area contributed by atoms with E-state index in [0.29, 0.717) is 0 Å². The van der Waals surface area contributed by atoms with Crippen molar-refractivity contribution in [2.24, 2.45) is 0 Å². The van der Waals surface area contributed by atoms with Crippen LogP contribution in [0.4, 0.5) is 0 Å². The lowest BCUT2D eigenvalue weighted by Crippen LogP contribution is -1.92. The maximum Gasteiger partial charge on any atom is 0.472 e. The lowest BCUT2D eigenvalue weighted by molar-refractivity contribution is 0.810. The zero-order chi connectivity index (χ0) is 6.41. The smallest absolute Gasteiger partial charge is 0.306 e. The fourth-order valence-electron chi connectivity index (χ4n) is 0.574. The molecule has 0 aliphatic carbocycles. The fourth-order valence-corrected chi connectivity index (χ4v) is 3.32. The second-order valence-corrected chi connectivity index (χ2v) is 5.36. The summed E-state index contributed by atoms with van der Waals surface area (Å²) in [7, 11) is 0. The van der Waals surface area contributed by atoms with E-state index in [1.54, 1.807) is 0 Å². The third-order valence-corrected chi connectivity index (χ3v) is 5.39. The van der Waals surface area contributed by atoms with Gasteiger partial charge in [0.1, 0.15) is 0 Å². The van der Waals surface area contributed by atoms with Gasteiger partial charge in [-0.1, -0.05) is 25.8 Å². The molecule has 0 bridgehead atoms. The van der Waals surface area contributed by atoms with Crippen LogP contribution in [-0.2, 0) is 0 Å². The van der Waals surface area contributed by atoms with E-state index in [-0.39, 0.29) is 18.2 Å². The number of halogens is 1. The van der Waals surface area contributed by atoms with Crippen molar-refractivity contribution in [3.63, 3.8) is 0 Å². The van der Waals surface area contributed by atoms with Gasteiger partial charge in [-0.25, -0.2) is 0 Å². The summed E-state index contributed by atoms with van der Waals surface area (Å²) in [6.45, 7) is 5.94. The van der Waals surface area contributed by atoms with Gasteiger partial charge in [-0.3, -0.25) is 0 Å². The summed E-state index contributed by atoms with van der Waals surface area (Å²) in [5.74, 6) is 0. The molecule has 0 fully saturated rings. The predicted molar refractivity (Wildman–Crippen MR) is 43.5 cm³/mol. The molecule has 44 valence electrons. The van der Waals surface area contributed by atoms with E-state index in [9.17, 15) is 0 Å². The summed E-state index contributed by atoms with van der Waals surface area (Å²) in [4.78, 5) is 0. The summed E-state index contributed by atoms with van der Waals surface area (Å²) in [6, 6.07) is 0. The van der Waals surface area contributed by atoms with Gasteiger partial charge < -0.3 is 12.9 Å². The third kappa shape index (κ3) is 3.93. The predicted octanol–water partition coefficient (Wildman–Crippen LogP) is 2.78. The van der Waals surface area contributed by atoms with Gasteiger partial charge in [0.05, 0.1) is 0 Å². The molecule has 1 unspecified atom stereocenters. The van der Waals surface area contributed by atoms with Crippen LogP contribution in [0, 0.1) is 0 Å². The molecular weight excluding hydrogens is 176 g/mol. The number of allylic oxidation sites excluding steroid dienone is 1. The lowest BCUT2D eigenvalue weighted by atomic mass is 10.2. The maximum absolute atomic E-state index is 3.70. The van der Waals surface area contributed by atoms with E-state index < -0.39 is 0 Å². The van der Waals surface area contributed by atoms with Crippen LogP contribution in [-0.4, -0.2) is 18.2 Å². The minimum Gasteiger partial charge on any atom is -0.306 e. The first-order chi connectivity index (χ1) is 3.85. The van der Waals surface area contributed by atoms with Crippen LogP contribution in [0.5, 0.6) is 0 Å². The van der Waals surface area contributed by atoms with E-state index >= 15 is 0 Å². The van der Waals surface area contributed by atoms with Gasteiger partial charge in [0.2, 0.25) is 0 Å². The molecule has 0 saturated carbocycles. The summed E-state index contributed by atoms with van der Waals surface area (Å²) in [5, 5.41) is 0. The van der Waals surface area contributed by atoms with Gasteiger partial charge in [-0.2, -0.15) is 0 Å². The highest BCUT2D eigenvalue weighted by Crippen LogP contribution is 2.15. The van der Waals surface area contributed by atoms with Crippen molar-refractivity contribution < 1.29 is 0 Å². The van der Waals surface area contributed by atoms with E-state index in [4.69, 9.17) is 0 Å². The monoisotopic (exact) mass is 186 g/mol. The first kappa shape index (κ1) is 8.99. The molecule has 0 heterocycles. The molecule has 0 nitrogen and oxygen atoms in total. The van der Waals surface area contributed by atoms with Gasteiger partial charge in [0.25, 0.3) is 0 Å². The minimum absolute atomic E-state index is 0.0582. The molecule has 0 aliphatic heterocycles. The highest BCUT2D eigenvalue weighted by Gasteiger charge is 2.03. The highest BCUT2D eigenvalue weighted by molar-refractivity contribution is 9.23. The first-order valence-corrected chi connectivity index (χ1v) is 7.73. The Morgan fingerprint density at radius 2 is 2.50 bits per heavy atom. The summed E-state index contributed by atoms with van der Waals surface area (Å²) < 4.78 is 0.937. The summed E-state index contributed by atoms with van der Waals surface area (Å²) >= 11 is 3.63. The molecule has 0 aromatic heterocycles. The molecule has 0 aliphatic rings. The largest absolute Gasteiger partial charge is 0.472 e. The zero-order valence-corrected chi connectivity index (χ0v) is 8.36. The lowest BCUT2D eigenvalue weighted by Gasteiger charge is -2.04. The number of rotatable bonds is 4. The van der Waals surface area contributed by atoms with Crippen molar-refractivity contribution in [3.05, 3.63) is 12.7 Å². The summed E-state index contributed by atoms with van der Waals surface area (Å²) in [6.07, 6.45) is 4.53. The SMILES string of the molecule is C=CC[CH](CC)[Mg][Br]. The fraction of sp³-hybridized carbons (Fsp3) is 0.667. The van der Waals surface area contributed by atoms with E-state index in [2.05, 4.69) is 26.4 Å². The van der Waals surface area contributed by atoms with Gasteiger partial charge >= 0.3 is 18.2 Å². The Morgan fingerprint density at radius 1 is 1.88 bits per heavy atom. The van der Waals surface area contributed by atoms with Crippen molar-refractivity contribution in [2.45, 2.75) is 23.8 Å². The number of hydrogen-bond acceptors (Lipinski definition) is 0. The second kappa shape index (κ2) is 6.11. The Labute approximate surface area is 67.3 Å². The molecule has 2 heteroatoms. The molecule has 0 radical (unpaired) electrons. The van der Waals surface area contributed by atoms with Crippen LogP contribution in [0.25, 0.3) is 0 Å². The third-order valence-electron chi connectivity index (χ3n) is 1.30.